The zero-order valence-corrected chi connectivity index (χ0v) is 9.67. The van der Waals surface area contributed by atoms with Crippen molar-refractivity contribution in [2.75, 3.05) is 13.1 Å². The molecule has 0 amide bonds. The maximum atomic E-state index is 10.4. The van der Waals surface area contributed by atoms with Crippen LogP contribution in [0.25, 0.3) is 0 Å². The lowest BCUT2D eigenvalue weighted by molar-refractivity contribution is -0.137. The van der Waals surface area contributed by atoms with Crippen LogP contribution in [0.4, 0.5) is 0 Å². The highest BCUT2D eigenvalue weighted by molar-refractivity contribution is 5.66. The topological polar surface area (TPSA) is 49.3 Å². The smallest absolute Gasteiger partial charge is 0.303 e. The monoisotopic (exact) mass is 213 g/mol. The van der Waals surface area contributed by atoms with Crippen LogP contribution in [0.3, 0.4) is 0 Å². The van der Waals surface area contributed by atoms with Crippen molar-refractivity contribution in [3.8, 4) is 0 Å². The number of nitrogens with one attached hydrogen (secondary N) is 1. The van der Waals surface area contributed by atoms with Gasteiger partial charge in [-0.05, 0) is 38.3 Å². The van der Waals surface area contributed by atoms with Crippen molar-refractivity contribution in [1.82, 2.24) is 5.32 Å². The van der Waals surface area contributed by atoms with Crippen molar-refractivity contribution in [2.24, 2.45) is 5.92 Å². The van der Waals surface area contributed by atoms with Crippen LogP contribution in [-0.4, -0.2) is 24.2 Å². The third-order valence-corrected chi connectivity index (χ3v) is 2.28. The van der Waals surface area contributed by atoms with Crippen molar-refractivity contribution < 1.29 is 9.90 Å². The molecule has 0 aliphatic heterocycles. The van der Waals surface area contributed by atoms with Gasteiger partial charge in [-0.15, -0.1) is 6.58 Å². The molecule has 0 rings (SSSR count). The second-order valence-corrected chi connectivity index (χ2v) is 4.05. The molecule has 0 heterocycles. The largest absolute Gasteiger partial charge is 0.481 e. The van der Waals surface area contributed by atoms with Crippen molar-refractivity contribution in [1.29, 1.82) is 0 Å². The molecule has 0 aliphatic rings. The molecule has 0 aliphatic carbocycles. The zero-order chi connectivity index (χ0) is 11.5. The van der Waals surface area contributed by atoms with E-state index in [1.54, 1.807) is 0 Å². The van der Waals surface area contributed by atoms with Gasteiger partial charge in [0.15, 0.2) is 0 Å². The molecule has 0 aromatic heterocycles. The van der Waals surface area contributed by atoms with Crippen molar-refractivity contribution in [2.45, 2.75) is 39.0 Å². The third-order valence-electron chi connectivity index (χ3n) is 2.28. The molecule has 15 heavy (non-hydrogen) atoms. The van der Waals surface area contributed by atoms with Crippen LogP contribution in [0.5, 0.6) is 0 Å². The molecule has 0 fully saturated rings. The standard InChI is InChI=1S/C12H23NO2/c1-3-4-5-6-7-8-13-10-11(2)9-12(14)15/h3,11,13H,1,4-10H2,2H3,(H,14,15). The lowest BCUT2D eigenvalue weighted by Crippen LogP contribution is -2.23. The second kappa shape index (κ2) is 9.71. The fourth-order valence-corrected chi connectivity index (χ4v) is 1.43. The number of aliphatic carboxylic acids is 1. The van der Waals surface area contributed by atoms with Crippen molar-refractivity contribution in [3.63, 3.8) is 0 Å². The molecule has 3 nitrogen and oxygen atoms in total. The van der Waals surface area contributed by atoms with Crippen LogP contribution in [0.1, 0.15) is 39.0 Å². The Balaban J connectivity index is 3.16. The molecule has 0 radical (unpaired) electrons. The molecule has 0 spiro atoms. The highest BCUT2D eigenvalue weighted by atomic mass is 16.4. The summed E-state index contributed by atoms with van der Waals surface area (Å²) in [4.78, 5) is 10.4. The summed E-state index contributed by atoms with van der Waals surface area (Å²) in [6.45, 7) is 7.42. The summed E-state index contributed by atoms with van der Waals surface area (Å²) in [5.41, 5.74) is 0. The normalized spacial score (nSPS) is 12.3. The van der Waals surface area contributed by atoms with E-state index < -0.39 is 5.97 Å². The van der Waals surface area contributed by atoms with Crippen LogP contribution < -0.4 is 5.32 Å². The first-order valence-corrected chi connectivity index (χ1v) is 5.70. The summed E-state index contributed by atoms with van der Waals surface area (Å²) in [6.07, 6.45) is 6.87. The van der Waals surface area contributed by atoms with Gasteiger partial charge in [-0.25, -0.2) is 0 Å². The van der Waals surface area contributed by atoms with Gasteiger partial charge in [0.25, 0.3) is 0 Å². The van der Waals surface area contributed by atoms with E-state index in [1.165, 1.54) is 12.8 Å². The Kier molecular flexibility index (Phi) is 9.18. The molecular formula is C12H23NO2. The van der Waals surface area contributed by atoms with Gasteiger partial charge in [0.05, 0.1) is 0 Å². The molecule has 0 saturated carbocycles. The Morgan fingerprint density at radius 3 is 2.80 bits per heavy atom. The Labute approximate surface area is 92.6 Å². The van der Waals surface area contributed by atoms with Crippen molar-refractivity contribution >= 4 is 5.97 Å². The first-order chi connectivity index (χ1) is 7.16. The van der Waals surface area contributed by atoms with Gasteiger partial charge in [-0.1, -0.05) is 19.4 Å². The molecule has 1 atom stereocenters. The minimum atomic E-state index is -0.713. The minimum Gasteiger partial charge on any atom is -0.481 e. The molecule has 0 bridgehead atoms. The maximum absolute atomic E-state index is 10.4. The summed E-state index contributed by atoms with van der Waals surface area (Å²) >= 11 is 0. The van der Waals surface area contributed by atoms with E-state index in [0.29, 0.717) is 0 Å². The molecular weight excluding hydrogens is 190 g/mol. The lowest BCUT2D eigenvalue weighted by Gasteiger charge is -2.09. The lowest BCUT2D eigenvalue weighted by atomic mass is 10.1. The maximum Gasteiger partial charge on any atom is 0.303 e. The molecule has 0 aromatic carbocycles. The van der Waals surface area contributed by atoms with Gasteiger partial charge in [-0.2, -0.15) is 0 Å². The quantitative estimate of drug-likeness (QED) is 0.433. The minimum absolute atomic E-state index is 0.218. The van der Waals surface area contributed by atoms with Gasteiger partial charge in [0, 0.05) is 6.42 Å². The number of carboxylic acid groups (broad SMARTS) is 1. The van der Waals surface area contributed by atoms with Gasteiger partial charge in [0.1, 0.15) is 0 Å². The highest BCUT2D eigenvalue weighted by Crippen LogP contribution is 2.01. The average Bonchev–Trinajstić information content (AvgIpc) is 2.15. The summed E-state index contributed by atoms with van der Waals surface area (Å²) in [5, 5.41) is 11.8. The van der Waals surface area contributed by atoms with E-state index >= 15 is 0 Å². The fourth-order valence-electron chi connectivity index (χ4n) is 1.43. The molecule has 2 N–H and O–H groups in total. The Morgan fingerprint density at radius 2 is 2.20 bits per heavy atom. The SMILES string of the molecule is C=CCCCCCNCC(C)CC(=O)O. The Morgan fingerprint density at radius 1 is 1.47 bits per heavy atom. The predicted molar refractivity (Wildman–Crippen MR) is 63.0 cm³/mol. The summed E-state index contributed by atoms with van der Waals surface area (Å²) in [6, 6.07) is 0. The van der Waals surface area contributed by atoms with Crippen LogP contribution >= 0.6 is 0 Å². The fraction of sp³-hybridized carbons (Fsp3) is 0.750. The van der Waals surface area contributed by atoms with E-state index in [4.69, 9.17) is 5.11 Å². The number of hydrogen-bond donors (Lipinski definition) is 2. The van der Waals surface area contributed by atoms with E-state index in [1.807, 2.05) is 13.0 Å². The highest BCUT2D eigenvalue weighted by Gasteiger charge is 2.05. The molecule has 0 aromatic rings. The molecule has 1 unspecified atom stereocenters. The van der Waals surface area contributed by atoms with Gasteiger partial charge in [-0.3, -0.25) is 4.79 Å². The Hall–Kier alpha value is -0.830. The summed E-state index contributed by atoms with van der Waals surface area (Å²) in [5.74, 6) is -0.494. The predicted octanol–water partition coefficient (Wildman–Crippen LogP) is 2.43. The summed E-state index contributed by atoms with van der Waals surface area (Å²) in [7, 11) is 0. The summed E-state index contributed by atoms with van der Waals surface area (Å²) < 4.78 is 0. The number of carbonyl (C=O) groups is 1. The first-order valence-electron chi connectivity index (χ1n) is 5.70. The Bertz CT molecular complexity index is 180. The average molecular weight is 213 g/mol. The van der Waals surface area contributed by atoms with Crippen LogP contribution in [0, 0.1) is 5.92 Å². The zero-order valence-electron chi connectivity index (χ0n) is 9.67. The number of allylic oxidation sites excluding steroid dienone is 1. The first kappa shape index (κ1) is 14.2. The van der Waals surface area contributed by atoms with Gasteiger partial charge in [0.2, 0.25) is 0 Å². The van der Waals surface area contributed by atoms with Crippen LogP contribution in [-0.2, 0) is 4.79 Å². The van der Waals surface area contributed by atoms with Crippen LogP contribution in [0.2, 0.25) is 0 Å². The van der Waals surface area contributed by atoms with Crippen molar-refractivity contribution in [3.05, 3.63) is 12.7 Å². The number of hydrogen-bond acceptors (Lipinski definition) is 2. The van der Waals surface area contributed by atoms with Crippen LogP contribution in [0.15, 0.2) is 12.7 Å². The number of unbranched alkanes of at least 4 members (excludes halogenated alkanes) is 3. The second-order valence-electron chi connectivity index (χ2n) is 4.05. The number of carboxylic acids is 1. The van der Waals surface area contributed by atoms with E-state index in [0.717, 1.165) is 25.9 Å². The molecule has 3 heteroatoms. The number of rotatable bonds is 10. The van der Waals surface area contributed by atoms with Gasteiger partial charge < -0.3 is 10.4 Å². The van der Waals surface area contributed by atoms with Gasteiger partial charge >= 0.3 is 5.97 Å². The third kappa shape index (κ3) is 11.1. The van der Waals surface area contributed by atoms with E-state index in [9.17, 15) is 4.79 Å². The van der Waals surface area contributed by atoms with E-state index in [2.05, 4.69) is 11.9 Å². The molecule has 0 saturated heterocycles. The van der Waals surface area contributed by atoms with E-state index in [-0.39, 0.29) is 12.3 Å². The molecule has 88 valence electrons.